The van der Waals surface area contributed by atoms with E-state index in [1.54, 1.807) is 48.2 Å². The summed E-state index contributed by atoms with van der Waals surface area (Å²) < 4.78 is 38.4. The number of sulfonamides is 1. The van der Waals surface area contributed by atoms with E-state index in [1.807, 2.05) is 6.92 Å². The number of rotatable bonds is 6. The van der Waals surface area contributed by atoms with Crippen molar-refractivity contribution in [1.29, 1.82) is 0 Å². The van der Waals surface area contributed by atoms with Crippen molar-refractivity contribution in [2.45, 2.75) is 31.1 Å². The molecule has 0 spiro atoms. The van der Waals surface area contributed by atoms with E-state index in [0.717, 1.165) is 18.4 Å². The molecule has 3 heterocycles. The molecule has 0 saturated carbocycles. The zero-order valence-electron chi connectivity index (χ0n) is 16.9. The van der Waals surface area contributed by atoms with E-state index in [0.29, 0.717) is 42.7 Å². The number of methoxy groups -OCH3 is 1. The highest BCUT2D eigenvalue weighted by Crippen LogP contribution is 2.28. The van der Waals surface area contributed by atoms with Gasteiger partial charge in [0, 0.05) is 31.9 Å². The highest BCUT2D eigenvalue weighted by Gasteiger charge is 2.31. The van der Waals surface area contributed by atoms with E-state index >= 15 is 0 Å². The number of piperidine rings is 1. The van der Waals surface area contributed by atoms with Gasteiger partial charge in [-0.15, -0.1) is 0 Å². The first-order chi connectivity index (χ1) is 14.5. The Kier molecular flexibility index (Phi) is 5.78. The summed E-state index contributed by atoms with van der Waals surface area (Å²) in [7, 11) is -2.01. The van der Waals surface area contributed by atoms with Crippen LogP contribution in [0.4, 0.5) is 0 Å². The van der Waals surface area contributed by atoms with E-state index in [-0.39, 0.29) is 10.8 Å². The van der Waals surface area contributed by atoms with Crippen molar-refractivity contribution in [1.82, 2.24) is 24.4 Å². The van der Waals surface area contributed by atoms with Crippen LogP contribution in [0, 0.1) is 12.8 Å². The first-order valence-electron chi connectivity index (χ1n) is 9.71. The van der Waals surface area contributed by atoms with Crippen LogP contribution in [-0.2, 0) is 16.4 Å². The van der Waals surface area contributed by atoms with Crippen LogP contribution in [0.2, 0.25) is 0 Å². The Morgan fingerprint density at radius 3 is 2.90 bits per heavy atom. The maximum absolute atomic E-state index is 13.1. The number of benzene rings is 1. The fourth-order valence-electron chi connectivity index (χ4n) is 3.68. The number of nitrogens with zero attached hydrogens (tertiary/aromatic N) is 5. The molecular weight excluding hydrogens is 406 g/mol. The van der Waals surface area contributed by atoms with Gasteiger partial charge in [0.05, 0.1) is 18.2 Å². The Labute approximate surface area is 175 Å². The summed E-state index contributed by atoms with van der Waals surface area (Å²) in [4.78, 5) is 12.8. The van der Waals surface area contributed by atoms with Crippen LogP contribution < -0.4 is 4.74 Å². The lowest BCUT2D eigenvalue weighted by Crippen LogP contribution is -2.40. The fourth-order valence-corrected chi connectivity index (χ4v) is 5.32. The molecule has 3 aromatic rings. The zero-order chi connectivity index (χ0) is 21.1. The van der Waals surface area contributed by atoms with Crippen molar-refractivity contribution in [2.24, 2.45) is 5.92 Å². The molecule has 0 bridgehead atoms. The van der Waals surface area contributed by atoms with Gasteiger partial charge in [0.15, 0.2) is 0 Å². The van der Waals surface area contributed by atoms with E-state index in [4.69, 9.17) is 9.26 Å². The smallest absolute Gasteiger partial charge is 0.243 e. The van der Waals surface area contributed by atoms with Gasteiger partial charge in [-0.05, 0) is 49.4 Å². The van der Waals surface area contributed by atoms with E-state index in [2.05, 4.69) is 20.1 Å². The maximum atomic E-state index is 13.1. The molecule has 1 unspecified atom stereocenters. The molecule has 158 valence electrons. The topological polar surface area (TPSA) is 111 Å². The second-order valence-corrected chi connectivity index (χ2v) is 9.25. The van der Waals surface area contributed by atoms with E-state index in [9.17, 15) is 8.42 Å². The molecule has 1 aliphatic rings. The van der Waals surface area contributed by atoms with Crippen molar-refractivity contribution < 1.29 is 17.7 Å². The average Bonchev–Trinajstić information content (AvgIpc) is 3.23. The van der Waals surface area contributed by atoms with Gasteiger partial charge < -0.3 is 9.26 Å². The maximum Gasteiger partial charge on any atom is 0.243 e. The minimum atomic E-state index is -3.58. The van der Waals surface area contributed by atoms with E-state index < -0.39 is 10.0 Å². The summed E-state index contributed by atoms with van der Waals surface area (Å²) in [5.41, 5.74) is 1.32. The minimum absolute atomic E-state index is 0.100. The molecule has 1 aliphatic heterocycles. The Balaban J connectivity index is 1.47. The van der Waals surface area contributed by atoms with Crippen molar-refractivity contribution in [3.63, 3.8) is 0 Å². The summed E-state index contributed by atoms with van der Waals surface area (Å²) in [6.07, 6.45) is 6.91. The van der Waals surface area contributed by atoms with Crippen LogP contribution in [0.3, 0.4) is 0 Å². The molecular formula is C20H23N5O4S. The standard InChI is InChI=1S/C20H23N5O4S/c1-14-10-16(5-6-18(14)28-2)30(26,27)25-9-3-4-15(13-25)11-19-23-20(24-29-19)17-12-21-7-8-22-17/h5-8,10,12,15H,3-4,9,11,13H2,1-2H3. The lowest BCUT2D eigenvalue weighted by molar-refractivity contribution is 0.247. The molecule has 30 heavy (non-hydrogen) atoms. The molecule has 10 heteroatoms. The van der Waals surface area contributed by atoms with Crippen LogP contribution in [0.5, 0.6) is 5.75 Å². The van der Waals surface area contributed by atoms with Gasteiger partial charge in [0.2, 0.25) is 21.7 Å². The number of ether oxygens (including phenoxy) is 1. The Hall–Kier alpha value is -2.85. The summed E-state index contributed by atoms with van der Waals surface area (Å²) in [5, 5.41) is 3.96. The van der Waals surface area contributed by atoms with Gasteiger partial charge >= 0.3 is 0 Å². The van der Waals surface area contributed by atoms with Crippen LogP contribution in [0.15, 0.2) is 46.2 Å². The lowest BCUT2D eigenvalue weighted by Gasteiger charge is -2.31. The van der Waals surface area contributed by atoms with Crippen molar-refractivity contribution in [3.8, 4) is 17.3 Å². The minimum Gasteiger partial charge on any atom is -0.496 e. The normalized spacial score (nSPS) is 17.7. The van der Waals surface area contributed by atoms with Crippen molar-refractivity contribution in [3.05, 3.63) is 48.2 Å². The van der Waals surface area contributed by atoms with Crippen LogP contribution in [-0.4, -0.2) is 53.0 Å². The van der Waals surface area contributed by atoms with Crippen molar-refractivity contribution >= 4 is 10.0 Å². The van der Waals surface area contributed by atoms with Crippen LogP contribution in [0.25, 0.3) is 11.5 Å². The molecule has 1 saturated heterocycles. The summed E-state index contributed by atoms with van der Waals surface area (Å²) in [5.74, 6) is 1.62. The summed E-state index contributed by atoms with van der Waals surface area (Å²) in [6.45, 7) is 2.75. The van der Waals surface area contributed by atoms with Gasteiger partial charge in [-0.25, -0.2) is 13.4 Å². The third kappa shape index (κ3) is 4.19. The quantitative estimate of drug-likeness (QED) is 0.588. The second kappa shape index (κ2) is 8.49. The van der Waals surface area contributed by atoms with Gasteiger partial charge in [-0.2, -0.15) is 9.29 Å². The predicted octanol–water partition coefficient (Wildman–Crippen LogP) is 2.49. The number of hydrogen-bond acceptors (Lipinski definition) is 8. The fraction of sp³-hybridized carbons (Fsp3) is 0.400. The lowest BCUT2D eigenvalue weighted by atomic mass is 9.96. The first-order valence-corrected chi connectivity index (χ1v) is 11.1. The zero-order valence-corrected chi connectivity index (χ0v) is 17.7. The van der Waals surface area contributed by atoms with Gasteiger partial charge in [0.1, 0.15) is 11.4 Å². The Morgan fingerprint density at radius 1 is 1.30 bits per heavy atom. The van der Waals surface area contributed by atoms with Gasteiger partial charge in [-0.1, -0.05) is 5.16 Å². The molecule has 0 N–H and O–H groups in total. The molecule has 1 atom stereocenters. The number of hydrogen-bond donors (Lipinski definition) is 0. The molecule has 1 fully saturated rings. The predicted molar refractivity (Wildman–Crippen MR) is 108 cm³/mol. The van der Waals surface area contributed by atoms with E-state index in [1.165, 1.54) is 0 Å². The average molecular weight is 430 g/mol. The molecule has 1 aromatic carbocycles. The molecule has 0 radical (unpaired) electrons. The highest BCUT2D eigenvalue weighted by molar-refractivity contribution is 7.89. The second-order valence-electron chi connectivity index (χ2n) is 7.31. The summed E-state index contributed by atoms with van der Waals surface area (Å²) in [6, 6.07) is 4.94. The molecule has 9 nitrogen and oxygen atoms in total. The van der Waals surface area contributed by atoms with Crippen LogP contribution in [0.1, 0.15) is 24.3 Å². The number of aromatic nitrogens is 4. The monoisotopic (exact) mass is 429 g/mol. The SMILES string of the molecule is COc1ccc(S(=O)(=O)N2CCCC(Cc3nc(-c4cnccn4)no3)C2)cc1C. The molecule has 0 aliphatic carbocycles. The number of aryl methyl sites for hydroxylation is 1. The van der Waals surface area contributed by atoms with Crippen molar-refractivity contribution in [2.75, 3.05) is 20.2 Å². The first kappa shape index (κ1) is 20.4. The summed E-state index contributed by atoms with van der Waals surface area (Å²) >= 11 is 0. The molecule has 0 amide bonds. The molecule has 2 aromatic heterocycles. The largest absolute Gasteiger partial charge is 0.496 e. The third-order valence-electron chi connectivity index (χ3n) is 5.21. The molecule has 4 rings (SSSR count). The van der Waals surface area contributed by atoms with Crippen LogP contribution >= 0.6 is 0 Å². The highest BCUT2D eigenvalue weighted by atomic mass is 32.2. The van der Waals surface area contributed by atoms with Gasteiger partial charge in [0.25, 0.3) is 0 Å². The third-order valence-corrected chi connectivity index (χ3v) is 7.07. The Bertz CT molecular complexity index is 1120. The van der Waals surface area contributed by atoms with Gasteiger partial charge in [-0.3, -0.25) is 4.98 Å². The Morgan fingerprint density at radius 2 is 2.17 bits per heavy atom.